The van der Waals surface area contributed by atoms with Crippen molar-refractivity contribution in [1.82, 2.24) is 5.32 Å². The second-order valence-electron chi connectivity index (χ2n) is 4.97. The van der Waals surface area contributed by atoms with Gasteiger partial charge in [0.1, 0.15) is 0 Å². The Bertz CT molecular complexity index is 172. The zero-order chi connectivity index (χ0) is 9.90. The fourth-order valence-electron chi connectivity index (χ4n) is 2.41. The molecule has 1 saturated carbocycles. The molecule has 0 radical (unpaired) electrons. The highest BCUT2D eigenvalue weighted by molar-refractivity contribution is 4.91. The number of allylic oxidation sites excluding steroid dienone is 1. The fraction of sp³-hybridized carbons (Fsp3) is 0.833. The molecule has 1 N–H and O–H groups in total. The van der Waals surface area contributed by atoms with Gasteiger partial charge in [0.15, 0.2) is 0 Å². The van der Waals surface area contributed by atoms with E-state index in [1.165, 1.54) is 25.7 Å². The van der Waals surface area contributed by atoms with Crippen LogP contribution in [0.5, 0.6) is 0 Å². The van der Waals surface area contributed by atoms with E-state index in [0.717, 1.165) is 12.0 Å². The maximum Gasteiger partial charge on any atom is 0.00672 e. The molecule has 0 bridgehead atoms. The summed E-state index contributed by atoms with van der Waals surface area (Å²) in [4.78, 5) is 0. The Labute approximate surface area is 82.6 Å². The van der Waals surface area contributed by atoms with Gasteiger partial charge in [-0.3, -0.25) is 0 Å². The monoisotopic (exact) mass is 181 g/mol. The van der Waals surface area contributed by atoms with Crippen molar-refractivity contribution in [2.75, 3.05) is 7.05 Å². The molecule has 1 rings (SSSR count). The van der Waals surface area contributed by atoms with E-state index in [0.29, 0.717) is 5.41 Å². The second kappa shape index (κ2) is 4.28. The molecule has 1 aliphatic carbocycles. The van der Waals surface area contributed by atoms with Crippen LogP contribution in [0.2, 0.25) is 0 Å². The highest BCUT2D eigenvalue weighted by atomic mass is 14.9. The van der Waals surface area contributed by atoms with E-state index in [4.69, 9.17) is 0 Å². The molecule has 0 saturated heterocycles. The summed E-state index contributed by atoms with van der Waals surface area (Å²) in [6.45, 7) is 8.64. The summed E-state index contributed by atoms with van der Waals surface area (Å²) in [6, 6.07) is 0.734. The van der Waals surface area contributed by atoms with E-state index in [-0.39, 0.29) is 0 Å². The van der Waals surface area contributed by atoms with Gasteiger partial charge in [0.25, 0.3) is 0 Å². The minimum absolute atomic E-state index is 0.515. The van der Waals surface area contributed by atoms with Gasteiger partial charge < -0.3 is 5.32 Å². The molecule has 76 valence electrons. The molecule has 2 atom stereocenters. The maximum absolute atomic E-state index is 3.85. The van der Waals surface area contributed by atoms with E-state index in [1.54, 1.807) is 0 Å². The van der Waals surface area contributed by atoms with Gasteiger partial charge in [-0.2, -0.15) is 0 Å². The summed E-state index contributed by atoms with van der Waals surface area (Å²) in [5.41, 5.74) is 0.515. The van der Waals surface area contributed by atoms with Crippen molar-refractivity contribution in [2.24, 2.45) is 11.3 Å². The normalized spacial score (nSPS) is 32.8. The summed E-state index contributed by atoms with van der Waals surface area (Å²) in [5.74, 6) is 0.816. The lowest BCUT2D eigenvalue weighted by molar-refractivity contribution is 0.117. The summed E-state index contributed by atoms with van der Waals surface area (Å²) in [6.07, 6.45) is 7.24. The molecule has 1 heteroatoms. The minimum Gasteiger partial charge on any atom is -0.317 e. The Balaban J connectivity index is 2.57. The van der Waals surface area contributed by atoms with Crippen molar-refractivity contribution in [3.05, 3.63) is 12.7 Å². The Morgan fingerprint density at radius 2 is 2.23 bits per heavy atom. The molecule has 0 amide bonds. The van der Waals surface area contributed by atoms with Crippen LogP contribution in [0.3, 0.4) is 0 Å². The van der Waals surface area contributed by atoms with Crippen molar-refractivity contribution in [1.29, 1.82) is 0 Å². The third-order valence-corrected chi connectivity index (χ3v) is 3.67. The maximum atomic E-state index is 3.85. The van der Waals surface area contributed by atoms with E-state index >= 15 is 0 Å². The predicted octanol–water partition coefficient (Wildman–Crippen LogP) is 2.98. The first-order valence-corrected chi connectivity index (χ1v) is 5.38. The topological polar surface area (TPSA) is 12.0 Å². The average Bonchev–Trinajstić information content (AvgIpc) is 2.09. The van der Waals surface area contributed by atoms with E-state index in [1.807, 2.05) is 0 Å². The molecule has 0 aromatic heterocycles. The quantitative estimate of drug-likeness (QED) is 0.660. The van der Waals surface area contributed by atoms with Gasteiger partial charge in [0.2, 0.25) is 0 Å². The fourth-order valence-corrected chi connectivity index (χ4v) is 2.41. The van der Waals surface area contributed by atoms with E-state index in [2.05, 4.69) is 38.9 Å². The smallest absolute Gasteiger partial charge is 0.00672 e. The van der Waals surface area contributed by atoms with Crippen LogP contribution in [0.15, 0.2) is 12.7 Å². The first-order valence-electron chi connectivity index (χ1n) is 5.38. The molecule has 0 aromatic carbocycles. The molecule has 1 fully saturated rings. The SMILES string of the molecule is C=CCC1CC(NC)CCC1(C)C. The van der Waals surface area contributed by atoms with Crippen molar-refractivity contribution >= 4 is 0 Å². The zero-order valence-electron chi connectivity index (χ0n) is 9.27. The van der Waals surface area contributed by atoms with Crippen LogP contribution in [0.25, 0.3) is 0 Å². The third-order valence-electron chi connectivity index (χ3n) is 3.67. The van der Waals surface area contributed by atoms with Gasteiger partial charge in [0, 0.05) is 6.04 Å². The average molecular weight is 181 g/mol. The molecule has 1 aliphatic rings. The Hall–Kier alpha value is -0.300. The van der Waals surface area contributed by atoms with E-state index in [9.17, 15) is 0 Å². The van der Waals surface area contributed by atoms with Crippen molar-refractivity contribution in [3.63, 3.8) is 0 Å². The molecule has 0 heterocycles. The lowest BCUT2D eigenvalue weighted by Crippen LogP contribution is -2.39. The molecular formula is C12H23N. The van der Waals surface area contributed by atoms with Crippen molar-refractivity contribution in [3.8, 4) is 0 Å². The van der Waals surface area contributed by atoms with Crippen LogP contribution in [0.4, 0.5) is 0 Å². The van der Waals surface area contributed by atoms with Gasteiger partial charge in [0.05, 0.1) is 0 Å². The van der Waals surface area contributed by atoms with Crippen LogP contribution in [-0.4, -0.2) is 13.1 Å². The summed E-state index contributed by atoms with van der Waals surface area (Å²) < 4.78 is 0. The van der Waals surface area contributed by atoms with Crippen LogP contribution >= 0.6 is 0 Å². The number of rotatable bonds is 3. The molecule has 2 unspecified atom stereocenters. The van der Waals surface area contributed by atoms with E-state index < -0.39 is 0 Å². The third kappa shape index (κ3) is 2.57. The van der Waals surface area contributed by atoms with Gasteiger partial charge in [-0.15, -0.1) is 6.58 Å². The zero-order valence-corrected chi connectivity index (χ0v) is 9.27. The molecular weight excluding hydrogens is 158 g/mol. The van der Waals surface area contributed by atoms with Crippen LogP contribution in [0.1, 0.15) is 39.5 Å². The van der Waals surface area contributed by atoms with Crippen molar-refractivity contribution in [2.45, 2.75) is 45.6 Å². The van der Waals surface area contributed by atoms with Crippen LogP contribution in [0, 0.1) is 11.3 Å². The van der Waals surface area contributed by atoms with Crippen LogP contribution < -0.4 is 5.32 Å². The number of nitrogens with one attached hydrogen (secondary N) is 1. The molecule has 1 nitrogen and oxygen atoms in total. The number of hydrogen-bond acceptors (Lipinski definition) is 1. The molecule has 0 aliphatic heterocycles. The minimum atomic E-state index is 0.515. The predicted molar refractivity (Wildman–Crippen MR) is 58.8 cm³/mol. The van der Waals surface area contributed by atoms with Gasteiger partial charge in [-0.05, 0) is 44.1 Å². The molecule has 0 aromatic rings. The summed E-state index contributed by atoms with van der Waals surface area (Å²) in [7, 11) is 2.08. The molecule has 13 heavy (non-hydrogen) atoms. The Kier molecular flexibility index (Phi) is 3.55. The summed E-state index contributed by atoms with van der Waals surface area (Å²) in [5, 5.41) is 3.40. The van der Waals surface area contributed by atoms with Crippen LogP contribution in [-0.2, 0) is 0 Å². The van der Waals surface area contributed by atoms with Gasteiger partial charge in [-0.1, -0.05) is 19.9 Å². The number of hydrogen-bond donors (Lipinski definition) is 1. The standard InChI is InChI=1S/C12H23N/c1-5-6-10-9-11(13-4)7-8-12(10,2)3/h5,10-11,13H,1,6-9H2,2-4H3. The largest absolute Gasteiger partial charge is 0.317 e. The summed E-state index contributed by atoms with van der Waals surface area (Å²) >= 11 is 0. The Morgan fingerprint density at radius 1 is 1.54 bits per heavy atom. The second-order valence-corrected chi connectivity index (χ2v) is 4.97. The Morgan fingerprint density at radius 3 is 2.77 bits per heavy atom. The van der Waals surface area contributed by atoms with Gasteiger partial charge in [-0.25, -0.2) is 0 Å². The van der Waals surface area contributed by atoms with Crippen molar-refractivity contribution < 1.29 is 0 Å². The highest BCUT2D eigenvalue weighted by Gasteiger charge is 2.34. The first-order chi connectivity index (χ1) is 6.10. The first kappa shape index (κ1) is 10.8. The lowest BCUT2D eigenvalue weighted by Gasteiger charge is -2.42. The lowest BCUT2D eigenvalue weighted by atomic mass is 9.66. The van der Waals surface area contributed by atoms with Gasteiger partial charge >= 0.3 is 0 Å². The molecule has 0 spiro atoms. The highest BCUT2D eigenvalue weighted by Crippen LogP contribution is 2.42.